The van der Waals surface area contributed by atoms with Crippen LogP contribution in [-0.4, -0.2) is 46.9 Å². The summed E-state index contributed by atoms with van der Waals surface area (Å²) in [6.45, 7) is 1.73. The number of benzene rings is 1. The fraction of sp³-hybridized carbons (Fsp3) is 0.562. The molecule has 2 rings (SSSR count). The Labute approximate surface area is 137 Å². The molecule has 1 aromatic rings. The Bertz CT molecular complexity index is 631. The van der Waals surface area contributed by atoms with Crippen molar-refractivity contribution in [1.29, 1.82) is 0 Å². The molecule has 1 aliphatic rings. The van der Waals surface area contributed by atoms with Gasteiger partial charge in [-0.05, 0) is 43.9 Å². The van der Waals surface area contributed by atoms with Crippen LogP contribution in [0, 0.1) is 0 Å². The van der Waals surface area contributed by atoms with Crippen molar-refractivity contribution in [2.75, 3.05) is 36.9 Å². The number of amides is 1. The second kappa shape index (κ2) is 8.31. The average molecular weight is 340 g/mol. The van der Waals surface area contributed by atoms with Crippen LogP contribution in [0.4, 0.5) is 5.69 Å². The topological polar surface area (TPSA) is 75.7 Å². The zero-order chi connectivity index (χ0) is 16.7. The summed E-state index contributed by atoms with van der Waals surface area (Å²) in [4.78, 5) is 12.2. The van der Waals surface area contributed by atoms with E-state index in [2.05, 4.69) is 5.32 Å². The zero-order valence-corrected chi connectivity index (χ0v) is 14.3. The zero-order valence-electron chi connectivity index (χ0n) is 13.5. The number of nitrogens with zero attached hydrogens (tertiary/aromatic N) is 1. The first-order valence-electron chi connectivity index (χ1n) is 7.92. The molecule has 1 fully saturated rings. The molecule has 23 heavy (non-hydrogen) atoms. The highest BCUT2D eigenvalue weighted by Crippen LogP contribution is 2.24. The molecular formula is C16H24N2O4S. The summed E-state index contributed by atoms with van der Waals surface area (Å²) in [5, 5.41) is 2.85. The molecule has 0 atom stereocenters. The number of carbonyl (C=O) groups is 1. The van der Waals surface area contributed by atoms with Gasteiger partial charge >= 0.3 is 0 Å². The van der Waals surface area contributed by atoms with E-state index in [0.717, 1.165) is 19.3 Å². The number of hydrogen-bond acceptors (Lipinski definition) is 4. The van der Waals surface area contributed by atoms with E-state index >= 15 is 0 Å². The van der Waals surface area contributed by atoms with Gasteiger partial charge in [0.15, 0.2) is 0 Å². The van der Waals surface area contributed by atoms with Crippen LogP contribution in [0.25, 0.3) is 0 Å². The molecule has 1 amide bonds. The van der Waals surface area contributed by atoms with Crippen LogP contribution in [-0.2, 0) is 14.8 Å². The number of hydrogen-bond donors (Lipinski definition) is 1. The number of anilines is 1. The number of rotatable bonds is 7. The van der Waals surface area contributed by atoms with Crippen molar-refractivity contribution in [3.05, 3.63) is 29.8 Å². The summed E-state index contributed by atoms with van der Waals surface area (Å²) >= 11 is 0. The summed E-state index contributed by atoms with van der Waals surface area (Å²) in [6, 6.07) is 6.80. The SMILES string of the molecule is COCCCCNC(=O)c1cccc(N2CCCCS2(=O)=O)c1. The van der Waals surface area contributed by atoms with Gasteiger partial charge in [-0.1, -0.05) is 6.07 Å². The van der Waals surface area contributed by atoms with Crippen LogP contribution in [0.5, 0.6) is 0 Å². The first kappa shape index (κ1) is 17.7. The van der Waals surface area contributed by atoms with E-state index in [-0.39, 0.29) is 11.7 Å². The fourth-order valence-electron chi connectivity index (χ4n) is 2.56. The molecule has 0 bridgehead atoms. The van der Waals surface area contributed by atoms with Crippen LogP contribution in [0.15, 0.2) is 24.3 Å². The van der Waals surface area contributed by atoms with Crippen LogP contribution in [0.1, 0.15) is 36.0 Å². The monoisotopic (exact) mass is 340 g/mol. The van der Waals surface area contributed by atoms with Crippen LogP contribution in [0.2, 0.25) is 0 Å². The summed E-state index contributed by atoms with van der Waals surface area (Å²) in [5.41, 5.74) is 1.05. The second-order valence-corrected chi connectivity index (χ2v) is 7.61. The predicted molar refractivity (Wildman–Crippen MR) is 90.3 cm³/mol. The molecule has 0 spiro atoms. The second-order valence-electron chi connectivity index (χ2n) is 5.60. The molecule has 0 aliphatic carbocycles. The van der Waals surface area contributed by atoms with Crippen molar-refractivity contribution in [1.82, 2.24) is 5.32 Å². The molecule has 7 heteroatoms. The number of nitrogens with one attached hydrogen (secondary N) is 1. The highest BCUT2D eigenvalue weighted by atomic mass is 32.2. The van der Waals surface area contributed by atoms with E-state index in [0.29, 0.717) is 37.4 Å². The van der Waals surface area contributed by atoms with Gasteiger partial charge in [0, 0.05) is 32.4 Å². The van der Waals surface area contributed by atoms with Gasteiger partial charge in [0.05, 0.1) is 11.4 Å². The third kappa shape index (κ3) is 4.94. The highest BCUT2D eigenvalue weighted by molar-refractivity contribution is 7.92. The molecule has 0 aromatic heterocycles. The summed E-state index contributed by atoms with van der Waals surface area (Å²) in [5.74, 6) is -0.0122. The Morgan fingerprint density at radius 3 is 2.87 bits per heavy atom. The Kier molecular flexibility index (Phi) is 6.41. The van der Waals surface area contributed by atoms with Crippen LogP contribution in [0.3, 0.4) is 0 Å². The van der Waals surface area contributed by atoms with Gasteiger partial charge in [-0.15, -0.1) is 0 Å². The normalized spacial score (nSPS) is 17.0. The minimum Gasteiger partial charge on any atom is -0.385 e. The molecular weight excluding hydrogens is 316 g/mol. The quantitative estimate of drug-likeness (QED) is 0.768. The lowest BCUT2D eigenvalue weighted by molar-refractivity contribution is 0.0951. The van der Waals surface area contributed by atoms with E-state index in [1.54, 1.807) is 31.4 Å². The summed E-state index contributed by atoms with van der Waals surface area (Å²) < 4.78 is 30.7. The lowest BCUT2D eigenvalue weighted by atomic mass is 10.1. The number of unbranched alkanes of at least 4 members (excludes halogenated alkanes) is 1. The van der Waals surface area contributed by atoms with Gasteiger partial charge in [-0.25, -0.2) is 8.42 Å². The molecule has 128 valence electrons. The fourth-order valence-corrected chi connectivity index (χ4v) is 4.19. The van der Waals surface area contributed by atoms with E-state index in [1.807, 2.05) is 0 Å². The lowest BCUT2D eigenvalue weighted by Crippen LogP contribution is -2.38. The summed E-state index contributed by atoms with van der Waals surface area (Å²) in [7, 11) is -1.61. The Balaban J connectivity index is 2.00. The van der Waals surface area contributed by atoms with E-state index < -0.39 is 10.0 Å². The Morgan fingerprint density at radius 1 is 1.30 bits per heavy atom. The smallest absolute Gasteiger partial charge is 0.251 e. The predicted octanol–water partition coefficient (Wildman–Crippen LogP) is 1.77. The van der Waals surface area contributed by atoms with Crippen molar-refractivity contribution in [3.63, 3.8) is 0 Å². The molecule has 1 saturated heterocycles. The first-order chi connectivity index (χ1) is 11.0. The van der Waals surface area contributed by atoms with E-state index in [9.17, 15) is 13.2 Å². The van der Waals surface area contributed by atoms with Crippen molar-refractivity contribution < 1.29 is 17.9 Å². The van der Waals surface area contributed by atoms with Gasteiger partial charge in [0.2, 0.25) is 10.0 Å². The first-order valence-corrected chi connectivity index (χ1v) is 9.53. The number of carbonyl (C=O) groups excluding carboxylic acids is 1. The average Bonchev–Trinajstić information content (AvgIpc) is 2.54. The number of methoxy groups -OCH3 is 1. The number of sulfonamides is 1. The van der Waals surface area contributed by atoms with Crippen molar-refractivity contribution in [2.24, 2.45) is 0 Å². The molecule has 1 N–H and O–H groups in total. The third-order valence-corrected chi connectivity index (χ3v) is 5.68. The molecule has 1 heterocycles. The van der Waals surface area contributed by atoms with Crippen LogP contribution >= 0.6 is 0 Å². The minimum absolute atomic E-state index is 0.170. The standard InChI is InChI=1S/C16H24N2O4S/c1-22-11-4-2-9-17-16(19)14-7-6-8-15(13-14)18-10-3-5-12-23(18,20)21/h6-8,13H,2-5,9-12H2,1H3,(H,17,19). The largest absolute Gasteiger partial charge is 0.385 e. The summed E-state index contributed by atoms with van der Waals surface area (Å²) in [6.07, 6.45) is 3.28. The number of ether oxygens (including phenoxy) is 1. The van der Waals surface area contributed by atoms with Crippen LogP contribution < -0.4 is 9.62 Å². The molecule has 6 nitrogen and oxygen atoms in total. The molecule has 0 radical (unpaired) electrons. The van der Waals surface area contributed by atoms with Gasteiger partial charge in [0.1, 0.15) is 0 Å². The van der Waals surface area contributed by atoms with E-state index in [1.165, 1.54) is 4.31 Å². The van der Waals surface area contributed by atoms with Gasteiger partial charge in [-0.3, -0.25) is 9.10 Å². The van der Waals surface area contributed by atoms with Gasteiger partial charge in [-0.2, -0.15) is 0 Å². The molecule has 0 saturated carbocycles. The van der Waals surface area contributed by atoms with Crippen molar-refractivity contribution in [3.8, 4) is 0 Å². The highest BCUT2D eigenvalue weighted by Gasteiger charge is 2.26. The minimum atomic E-state index is -3.26. The van der Waals surface area contributed by atoms with Crippen molar-refractivity contribution >= 4 is 21.6 Å². The Morgan fingerprint density at radius 2 is 2.13 bits per heavy atom. The molecule has 0 unspecified atom stereocenters. The maximum absolute atomic E-state index is 12.2. The van der Waals surface area contributed by atoms with Crippen molar-refractivity contribution in [2.45, 2.75) is 25.7 Å². The molecule has 1 aliphatic heterocycles. The van der Waals surface area contributed by atoms with Gasteiger partial charge in [0.25, 0.3) is 5.91 Å². The lowest BCUT2D eigenvalue weighted by Gasteiger charge is -2.28. The maximum Gasteiger partial charge on any atom is 0.251 e. The van der Waals surface area contributed by atoms with Gasteiger partial charge < -0.3 is 10.1 Å². The third-order valence-electron chi connectivity index (χ3n) is 3.81. The maximum atomic E-state index is 12.2. The Hall–Kier alpha value is -1.60. The molecule has 1 aromatic carbocycles. The van der Waals surface area contributed by atoms with E-state index in [4.69, 9.17) is 4.74 Å².